The fourth-order valence-corrected chi connectivity index (χ4v) is 4.94. The first-order valence-electron chi connectivity index (χ1n) is 11.2. The smallest absolute Gasteiger partial charge is 0.173 e. The number of terminal acetylenes is 1. The van der Waals surface area contributed by atoms with Gasteiger partial charge in [-0.2, -0.15) is 0 Å². The molecule has 4 aromatic heterocycles. The zero-order valence-corrected chi connectivity index (χ0v) is 20.4. The summed E-state index contributed by atoms with van der Waals surface area (Å²) in [5.41, 5.74) is 4.66. The van der Waals surface area contributed by atoms with Crippen LogP contribution in [0.4, 0.5) is 0 Å². The highest BCUT2D eigenvalue weighted by Crippen LogP contribution is 2.34. The van der Waals surface area contributed by atoms with Crippen molar-refractivity contribution in [2.24, 2.45) is 0 Å². The van der Waals surface area contributed by atoms with Gasteiger partial charge in [0.1, 0.15) is 16.9 Å². The zero-order chi connectivity index (χ0) is 24.4. The van der Waals surface area contributed by atoms with Crippen LogP contribution in [0.5, 0.6) is 5.75 Å². The number of pyridine rings is 1. The number of methoxy groups -OCH3 is 1. The molecule has 0 spiro atoms. The minimum absolute atomic E-state index is 0.173. The standard InChI is InChI=1S/C26H25N7OS/c1-4-5-6-11-32-16-29-23(27)22-25(32)31-26(30-22)35-21-15-33(24-20(21)12-17(2)13-28-24)14-18-7-9-19(34-3)10-8-18/h1,7-10,12-13,15-16,27H,5-6,11,14H2,2-3H3,(H,30,31). The van der Waals surface area contributed by atoms with E-state index in [1.165, 1.54) is 11.8 Å². The first-order valence-corrected chi connectivity index (χ1v) is 12.1. The lowest BCUT2D eigenvalue weighted by molar-refractivity contribution is 0.414. The summed E-state index contributed by atoms with van der Waals surface area (Å²) in [6.45, 7) is 3.43. The largest absolute Gasteiger partial charge is 0.497 e. The van der Waals surface area contributed by atoms with Gasteiger partial charge in [-0.3, -0.25) is 5.41 Å². The number of imidazole rings is 1. The normalized spacial score (nSPS) is 11.2. The molecule has 1 aromatic carbocycles. The van der Waals surface area contributed by atoms with Crippen molar-refractivity contribution >= 4 is 34.0 Å². The number of nitrogens with zero attached hydrogens (tertiary/aromatic N) is 5. The van der Waals surface area contributed by atoms with Gasteiger partial charge in [-0.05, 0) is 54.4 Å². The molecule has 35 heavy (non-hydrogen) atoms. The molecule has 2 N–H and O–H groups in total. The molecule has 0 aliphatic carbocycles. The molecule has 0 atom stereocenters. The van der Waals surface area contributed by atoms with Crippen LogP contribution >= 0.6 is 11.8 Å². The second-order valence-corrected chi connectivity index (χ2v) is 9.32. The molecule has 5 aromatic rings. The first-order chi connectivity index (χ1) is 17.1. The van der Waals surface area contributed by atoms with Crippen LogP contribution < -0.4 is 10.2 Å². The maximum atomic E-state index is 8.22. The van der Waals surface area contributed by atoms with Crippen molar-refractivity contribution in [2.45, 2.75) is 42.9 Å². The average Bonchev–Trinajstić information content (AvgIpc) is 3.43. The predicted octanol–water partition coefficient (Wildman–Crippen LogP) is 4.52. The molecule has 8 nitrogen and oxygen atoms in total. The number of aromatic amines is 1. The van der Waals surface area contributed by atoms with E-state index in [9.17, 15) is 0 Å². The van der Waals surface area contributed by atoms with Gasteiger partial charge in [-0.15, -0.1) is 12.3 Å². The fourth-order valence-electron chi connectivity index (χ4n) is 4.00. The first kappa shape index (κ1) is 22.7. The third-order valence-electron chi connectivity index (χ3n) is 5.75. The Morgan fingerprint density at radius 2 is 2.00 bits per heavy atom. The molecule has 0 saturated heterocycles. The second kappa shape index (κ2) is 9.68. The number of hydrogen-bond donors (Lipinski definition) is 2. The SMILES string of the molecule is C#CCCCn1cnc(=N)c2[nH]c(Sc3cn(Cc4ccc(OC)cc4)c4ncc(C)cc34)nc21. The average molecular weight is 484 g/mol. The maximum absolute atomic E-state index is 8.22. The minimum Gasteiger partial charge on any atom is -0.497 e. The van der Waals surface area contributed by atoms with E-state index in [-0.39, 0.29) is 5.49 Å². The number of unbranched alkanes of at least 4 members (excludes halogenated alkanes) is 1. The van der Waals surface area contributed by atoms with E-state index in [1.54, 1.807) is 13.4 Å². The number of benzene rings is 1. The summed E-state index contributed by atoms with van der Waals surface area (Å²) < 4.78 is 9.38. The molecule has 9 heteroatoms. The van der Waals surface area contributed by atoms with Crippen LogP contribution in [0.1, 0.15) is 24.0 Å². The molecule has 5 rings (SSSR count). The number of ether oxygens (including phenoxy) is 1. The van der Waals surface area contributed by atoms with Gasteiger partial charge in [-0.1, -0.05) is 12.1 Å². The van der Waals surface area contributed by atoms with E-state index >= 15 is 0 Å². The molecule has 176 valence electrons. The van der Waals surface area contributed by atoms with Crippen LogP contribution in [0.15, 0.2) is 59.1 Å². The molecule has 0 unspecified atom stereocenters. The van der Waals surface area contributed by atoms with Crippen molar-refractivity contribution < 1.29 is 4.74 Å². The highest BCUT2D eigenvalue weighted by Gasteiger charge is 2.16. The Hall–Kier alpha value is -4.03. The summed E-state index contributed by atoms with van der Waals surface area (Å²) >= 11 is 1.53. The number of hydrogen-bond acceptors (Lipinski definition) is 6. The van der Waals surface area contributed by atoms with E-state index in [1.807, 2.05) is 29.8 Å². The Morgan fingerprint density at radius 1 is 1.17 bits per heavy atom. The Balaban J connectivity index is 1.50. The zero-order valence-electron chi connectivity index (χ0n) is 19.6. The number of rotatable bonds is 8. The summed E-state index contributed by atoms with van der Waals surface area (Å²) in [5.74, 6) is 3.50. The lowest BCUT2D eigenvalue weighted by atomic mass is 10.2. The van der Waals surface area contributed by atoms with Gasteiger partial charge >= 0.3 is 0 Å². The summed E-state index contributed by atoms with van der Waals surface area (Å²) in [6.07, 6.45) is 12.6. The number of aryl methyl sites for hydroxylation is 2. The van der Waals surface area contributed by atoms with Crippen molar-refractivity contribution in [1.82, 2.24) is 29.1 Å². The van der Waals surface area contributed by atoms with Crippen molar-refractivity contribution in [1.29, 1.82) is 5.41 Å². The molecule has 0 amide bonds. The lowest BCUT2D eigenvalue weighted by Gasteiger charge is -2.06. The van der Waals surface area contributed by atoms with Gasteiger partial charge in [-0.25, -0.2) is 15.0 Å². The molecular weight excluding hydrogens is 458 g/mol. The number of H-pyrrole nitrogens is 1. The summed E-state index contributed by atoms with van der Waals surface area (Å²) in [4.78, 5) is 18.1. The van der Waals surface area contributed by atoms with E-state index in [2.05, 4.69) is 44.9 Å². The van der Waals surface area contributed by atoms with Gasteiger partial charge in [0.05, 0.1) is 13.4 Å². The molecule has 0 fully saturated rings. The van der Waals surface area contributed by atoms with Crippen molar-refractivity contribution in [3.63, 3.8) is 0 Å². The lowest BCUT2D eigenvalue weighted by Crippen LogP contribution is -2.12. The van der Waals surface area contributed by atoms with E-state index in [4.69, 9.17) is 26.5 Å². The molecule has 0 radical (unpaired) electrons. The Labute approximate surface area is 206 Å². The monoisotopic (exact) mass is 483 g/mol. The molecule has 0 saturated carbocycles. The Bertz CT molecular complexity index is 1610. The van der Waals surface area contributed by atoms with Crippen molar-refractivity contribution in [3.05, 3.63) is 65.7 Å². The number of nitrogens with one attached hydrogen (secondary N) is 2. The van der Waals surface area contributed by atoms with Crippen LogP contribution in [-0.2, 0) is 13.1 Å². The topological polar surface area (TPSA) is 97.4 Å². The number of fused-ring (bicyclic) bond motifs is 2. The van der Waals surface area contributed by atoms with Crippen molar-refractivity contribution in [2.75, 3.05) is 7.11 Å². The predicted molar refractivity (Wildman–Crippen MR) is 136 cm³/mol. The highest BCUT2D eigenvalue weighted by atomic mass is 32.2. The van der Waals surface area contributed by atoms with Gasteiger partial charge in [0.15, 0.2) is 16.3 Å². The van der Waals surface area contributed by atoms with Gasteiger partial charge < -0.3 is 18.9 Å². The third kappa shape index (κ3) is 4.66. The highest BCUT2D eigenvalue weighted by molar-refractivity contribution is 7.99. The van der Waals surface area contributed by atoms with Crippen LogP contribution in [-0.4, -0.2) is 36.2 Å². The second-order valence-electron chi connectivity index (χ2n) is 8.29. The van der Waals surface area contributed by atoms with Gasteiger partial charge in [0.25, 0.3) is 0 Å². The Kier molecular flexibility index (Phi) is 6.29. The number of aromatic nitrogens is 6. The molecule has 4 heterocycles. The van der Waals surface area contributed by atoms with Gasteiger partial charge in [0, 0.05) is 42.2 Å². The van der Waals surface area contributed by atoms with E-state index in [0.717, 1.165) is 39.2 Å². The fraction of sp³-hybridized carbons (Fsp3) is 0.231. The van der Waals surface area contributed by atoms with E-state index in [0.29, 0.717) is 35.8 Å². The quantitative estimate of drug-likeness (QED) is 0.250. The summed E-state index contributed by atoms with van der Waals surface area (Å²) in [6, 6.07) is 10.2. The third-order valence-corrected chi connectivity index (χ3v) is 6.68. The van der Waals surface area contributed by atoms with Crippen LogP contribution in [0.25, 0.3) is 22.2 Å². The molecular formula is C26H25N7OS. The molecule has 0 aliphatic heterocycles. The van der Waals surface area contributed by atoms with Gasteiger partial charge in [0.2, 0.25) is 0 Å². The van der Waals surface area contributed by atoms with E-state index < -0.39 is 0 Å². The summed E-state index contributed by atoms with van der Waals surface area (Å²) in [5, 5.41) is 9.99. The summed E-state index contributed by atoms with van der Waals surface area (Å²) in [7, 11) is 1.67. The Morgan fingerprint density at radius 3 is 2.77 bits per heavy atom. The van der Waals surface area contributed by atoms with Crippen LogP contribution in [0, 0.1) is 24.7 Å². The van der Waals surface area contributed by atoms with Crippen molar-refractivity contribution in [3.8, 4) is 18.1 Å². The maximum Gasteiger partial charge on any atom is 0.173 e. The van der Waals surface area contributed by atoms with Crippen LogP contribution in [0.3, 0.4) is 0 Å². The molecule has 0 aliphatic rings. The molecule has 0 bridgehead atoms. The minimum atomic E-state index is 0.173. The van der Waals surface area contributed by atoms with Crippen LogP contribution in [0.2, 0.25) is 0 Å².